The summed E-state index contributed by atoms with van der Waals surface area (Å²) >= 11 is 6.37. The third-order valence-corrected chi connectivity index (χ3v) is 7.18. The average molecular weight is 520 g/mol. The predicted octanol–water partition coefficient (Wildman–Crippen LogP) is 2.58. The van der Waals surface area contributed by atoms with Gasteiger partial charge in [0.25, 0.3) is 0 Å². The van der Waals surface area contributed by atoms with Crippen LogP contribution in [0.15, 0.2) is 67.4 Å². The third kappa shape index (κ3) is 4.63. The van der Waals surface area contributed by atoms with Gasteiger partial charge in [0.1, 0.15) is 18.0 Å². The van der Waals surface area contributed by atoms with Gasteiger partial charge < -0.3 is 14.9 Å². The summed E-state index contributed by atoms with van der Waals surface area (Å²) in [6.45, 7) is 4.40. The maximum atomic E-state index is 13.9. The number of fused-ring (bicyclic) bond motifs is 2. The number of benzene rings is 2. The van der Waals surface area contributed by atoms with Gasteiger partial charge in [-0.3, -0.25) is 24.4 Å². The molecule has 2 fully saturated rings. The van der Waals surface area contributed by atoms with E-state index in [2.05, 4.69) is 11.6 Å². The Balaban J connectivity index is 1.53. The Morgan fingerprint density at radius 2 is 1.92 bits per heavy atom. The molecular weight excluding hydrogens is 494 g/mol. The van der Waals surface area contributed by atoms with E-state index in [0.29, 0.717) is 23.5 Å². The number of carbonyl (C=O) groups is 3. The van der Waals surface area contributed by atoms with E-state index in [4.69, 9.17) is 11.6 Å². The molecule has 0 spiro atoms. The molecule has 3 aromatic rings. The highest BCUT2D eigenvalue weighted by atomic mass is 35.5. The molecule has 37 heavy (non-hydrogen) atoms. The quantitative estimate of drug-likeness (QED) is 0.381. The van der Waals surface area contributed by atoms with Crippen molar-refractivity contribution in [3.63, 3.8) is 0 Å². The third-order valence-electron chi connectivity index (χ3n) is 6.85. The summed E-state index contributed by atoms with van der Waals surface area (Å²) in [5, 5.41) is 14.2. The molecule has 2 saturated heterocycles. The first kappa shape index (κ1) is 24.7. The maximum absolute atomic E-state index is 13.9. The lowest BCUT2D eigenvalue weighted by molar-refractivity contribution is -0.199. The van der Waals surface area contributed by atoms with Crippen LogP contribution in [0.4, 0.5) is 0 Å². The van der Waals surface area contributed by atoms with E-state index in [-0.39, 0.29) is 43.6 Å². The lowest BCUT2D eigenvalue weighted by Gasteiger charge is -2.54. The van der Waals surface area contributed by atoms with Gasteiger partial charge >= 0.3 is 0 Å². The minimum absolute atomic E-state index is 0.0354. The number of hydrazine groups is 1. The van der Waals surface area contributed by atoms with Crippen molar-refractivity contribution in [3.05, 3.63) is 83.5 Å². The Labute approximate surface area is 219 Å². The smallest absolute Gasteiger partial charge is 0.246 e. The summed E-state index contributed by atoms with van der Waals surface area (Å²) in [7, 11) is 0. The van der Waals surface area contributed by atoms with E-state index >= 15 is 0 Å². The highest BCUT2D eigenvalue weighted by molar-refractivity contribution is 6.35. The Hall–Kier alpha value is -3.95. The van der Waals surface area contributed by atoms with Gasteiger partial charge in [-0.1, -0.05) is 35.9 Å². The zero-order valence-corrected chi connectivity index (χ0v) is 20.8. The van der Waals surface area contributed by atoms with Crippen LogP contribution in [-0.2, 0) is 27.3 Å². The van der Waals surface area contributed by atoms with Crippen LogP contribution in [0.2, 0.25) is 5.02 Å². The summed E-state index contributed by atoms with van der Waals surface area (Å²) in [5.74, 6) is -0.346. The molecule has 5 rings (SSSR count). The van der Waals surface area contributed by atoms with Crippen molar-refractivity contribution in [1.82, 2.24) is 24.8 Å². The molecule has 3 heterocycles. The lowest BCUT2D eigenvalue weighted by atomic mass is 9.98. The van der Waals surface area contributed by atoms with Crippen LogP contribution < -0.4 is 0 Å². The fraction of sp³-hybridized carbons (Fsp3) is 0.259. The summed E-state index contributed by atoms with van der Waals surface area (Å²) < 4.78 is 0. The van der Waals surface area contributed by atoms with Crippen molar-refractivity contribution in [3.8, 4) is 5.75 Å². The van der Waals surface area contributed by atoms with Crippen LogP contribution in [0.1, 0.15) is 11.1 Å². The van der Waals surface area contributed by atoms with Gasteiger partial charge in [-0.05, 0) is 41.5 Å². The van der Waals surface area contributed by atoms with Crippen molar-refractivity contribution in [2.45, 2.75) is 25.2 Å². The standard InChI is InChI=1S/C27H26ClN5O4/c1-2-12-31-16-25(36)33-23(13-18-5-8-20(35)9-6-18)27(37)30(15-24(33)32(31)17-34)14-19-7-10-22(28)21-4-3-11-29-26(19)21/h2-11,17,23-24,35H,1,12-16H2/t23-,24?/m0/s1. The minimum Gasteiger partial charge on any atom is -0.508 e. The molecule has 10 heteroatoms. The largest absolute Gasteiger partial charge is 0.508 e. The van der Waals surface area contributed by atoms with E-state index in [1.807, 2.05) is 12.1 Å². The van der Waals surface area contributed by atoms with Crippen LogP contribution in [0.3, 0.4) is 0 Å². The van der Waals surface area contributed by atoms with E-state index in [0.717, 1.165) is 16.5 Å². The molecule has 2 aliphatic heterocycles. The summed E-state index contributed by atoms with van der Waals surface area (Å²) in [5.41, 5.74) is 2.29. The molecule has 0 radical (unpaired) electrons. The van der Waals surface area contributed by atoms with Gasteiger partial charge in [-0.2, -0.15) is 0 Å². The number of aromatic nitrogens is 1. The number of phenols is 1. The van der Waals surface area contributed by atoms with Gasteiger partial charge in [0, 0.05) is 36.1 Å². The fourth-order valence-electron chi connectivity index (χ4n) is 5.13. The van der Waals surface area contributed by atoms with Crippen molar-refractivity contribution >= 4 is 40.7 Å². The van der Waals surface area contributed by atoms with Crippen molar-refractivity contribution in [2.75, 3.05) is 19.6 Å². The first-order valence-electron chi connectivity index (χ1n) is 11.9. The topological polar surface area (TPSA) is 97.3 Å². The number of hydrogen-bond acceptors (Lipinski definition) is 6. The SMILES string of the molecule is C=CCN1CC(=O)N2C(CN(Cc3ccc(Cl)c4cccnc34)C(=O)[C@@H]2Cc2ccc(O)cc2)N1C=O. The summed E-state index contributed by atoms with van der Waals surface area (Å²) in [4.78, 5) is 47.1. The number of phenolic OH excluding ortho intramolecular Hbond substituents is 1. The highest BCUT2D eigenvalue weighted by Gasteiger charge is 2.49. The van der Waals surface area contributed by atoms with Crippen LogP contribution in [0, 0.1) is 0 Å². The number of aromatic hydroxyl groups is 1. The molecule has 9 nitrogen and oxygen atoms in total. The molecule has 1 N–H and O–H groups in total. The van der Waals surface area contributed by atoms with Gasteiger partial charge in [0.2, 0.25) is 18.2 Å². The molecule has 1 aromatic heterocycles. The lowest BCUT2D eigenvalue weighted by Crippen LogP contribution is -2.74. The second-order valence-corrected chi connectivity index (χ2v) is 9.52. The number of hydrogen-bond donors (Lipinski definition) is 1. The molecule has 2 aliphatic rings. The van der Waals surface area contributed by atoms with Crippen molar-refractivity contribution < 1.29 is 19.5 Å². The first-order valence-corrected chi connectivity index (χ1v) is 12.3. The van der Waals surface area contributed by atoms with E-state index < -0.39 is 12.2 Å². The molecule has 3 amide bonds. The Morgan fingerprint density at radius 3 is 2.65 bits per heavy atom. The molecule has 2 atom stereocenters. The second kappa shape index (κ2) is 10.2. The summed E-state index contributed by atoms with van der Waals surface area (Å²) in [6, 6.07) is 13.0. The molecular formula is C27H26ClN5O4. The highest BCUT2D eigenvalue weighted by Crippen LogP contribution is 2.31. The predicted molar refractivity (Wildman–Crippen MR) is 138 cm³/mol. The zero-order chi connectivity index (χ0) is 26.1. The zero-order valence-electron chi connectivity index (χ0n) is 20.0. The Morgan fingerprint density at radius 1 is 1.14 bits per heavy atom. The first-order chi connectivity index (χ1) is 17.9. The van der Waals surface area contributed by atoms with E-state index in [1.165, 1.54) is 9.91 Å². The number of amides is 3. The van der Waals surface area contributed by atoms with Gasteiger partial charge in [-0.25, -0.2) is 5.01 Å². The Bertz CT molecular complexity index is 1360. The van der Waals surface area contributed by atoms with Crippen molar-refractivity contribution in [1.29, 1.82) is 0 Å². The van der Waals surface area contributed by atoms with Crippen LogP contribution >= 0.6 is 11.6 Å². The van der Waals surface area contributed by atoms with Crippen LogP contribution in [0.25, 0.3) is 10.9 Å². The summed E-state index contributed by atoms with van der Waals surface area (Å²) in [6.07, 6.45) is 3.57. The second-order valence-electron chi connectivity index (χ2n) is 9.11. The van der Waals surface area contributed by atoms with E-state index in [1.54, 1.807) is 58.6 Å². The number of pyridine rings is 1. The van der Waals surface area contributed by atoms with E-state index in [9.17, 15) is 19.5 Å². The van der Waals surface area contributed by atoms with Gasteiger partial charge in [-0.15, -0.1) is 6.58 Å². The number of rotatable bonds is 7. The van der Waals surface area contributed by atoms with Gasteiger partial charge in [0.15, 0.2) is 0 Å². The maximum Gasteiger partial charge on any atom is 0.246 e. The number of nitrogens with zero attached hydrogens (tertiary/aromatic N) is 5. The monoisotopic (exact) mass is 519 g/mol. The average Bonchev–Trinajstić information content (AvgIpc) is 2.89. The molecule has 1 unspecified atom stereocenters. The fourth-order valence-corrected chi connectivity index (χ4v) is 5.34. The molecule has 0 saturated carbocycles. The van der Waals surface area contributed by atoms with Crippen LogP contribution in [0.5, 0.6) is 5.75 Å². The minimum atomic E-state index is -0.823. The Kier molecular flexibility index (Phi) is 6.82. The number of piperazine rings is 1. The normalized spacial score (nSPS) is 20.3. The number of halogens is 1. The van der Waals surface area contributed by atoms with Gasteiger partial charge in [0.05, 0.1) is 18.6 Å². The van der Waals surface area contributed by atoms with Crippen molar-refractivity contribution in [2.24, 2.45) is 0 Å². The molecule has 2 aromatic carbocycles. The molecule has 0 bridgehead atoms. The van der Waals surface area contributed by atoms with Crippen LogP contribution in [-0.4, -0.2) is 80.0 Å². The molecule has 0 aliphatic carbocycles. The number of carbonyl (C=O) groups excluding carboxylic acids is 3. The molecule has 190 valence electrons.